The first kappa shape index (κ1) is 15.3. The van der Waals surface area contributed by atoms with Crippen LogP contribution >= 0.6 is 23.2 Å². The molecule has 1 aliphatic rings. The summed E-state index contributed by atoms with van der Waals surface area (Å²) >= 11 is 12.0. The molecule has 116 valence electrons. The highest BCUT2D eigenvalue weighted by Gasteiger charge is 2.34. The second-order valence-electron chi connectivity index (χ2n) is 5.09. The van der Waals surface area contributed by atoms with E-state index in [1.165, 1.54) is 0 Å². The maximum absolute atomic E-state index is 11.2. The van der Waals surface area contributed by atoms with Crippen molar-refractivity contribution < 1.29 is 14.6 Å². The highest BCUT2D eigenvalue weighted by Crippen LogP contribution is 2.28. The number of ether oxygens (including phenoxy) is 1. The van der Waals surface area contributed by atoms with Crippen LogP contribution in [0, 0.1) is 6.92 Å². The lowest BCUT2D eigenvalue weighted by Gasteiger charge is -2.14. The number of rotatable bonds is 3. The quantitative estimate of drug-likeness (QED) is 0.866. The molecule has 3 rings (SSSR count). The highest BCUT2D eigenvalue weighted by atomic mass is 35.5. The number of nitrogens with zero attached hydrogens (tertiary/aromatic N) is 3. The van der Waals surface area contributed by atoms with Crippen LogP contribution < -0.4 is 0 Å². The molecule has 0 bridgehead atoms. The number of aliphatic hydroxyl groups is 1. The van der Waals surface area contributed by atoms with E-state index in [2.05, 4.69) is 10.1 Å². The summed E-state index contributed by atoms with van der Waals surface area (Å²) in [6.07, 6.45) is -1.46. The van der Waals surface area contributed by atoms with E-state index in [0.717, 1.165) is 5.56 Å². The number of cyclic esters (lactones) is 1. The van der Waals surface area contributed by atoms with Gasteiger partial charge in [-0.05, 0) is 25.1 Å². The lowest BCUT2D eigenvalue weighted by Crippen LogP contribution is -2.27. The summed E-state index contributed by atoms with van der Waals surface area (Å²) in [5.41, 5.74) is 0.744. The van der Waals surface area contributed by atoms with Gasteiger partial charge in [-0.2, -0.15) is 5.10 Å². The van der Waals surface area contributed by atoms with Crippen LogP contribution in [0.15, 0.2) is 18.2 Å². The van der Waals surface area contributed by atoms with Crippen LogP contribution in [0.25, 0.3) is 11.4 Å². The van der Waals surface area contributed by atoms with Crippen LogP contribution in [-0.2, 0) is 16.1 Å². The van der Waals surface area contributed by atoms with Gasteiger partial charge in [0.25, 0.3) is 0 Å². The number of carbonyl (C=O) groups is 1. The third-order valence-electron chi connectivity index (χ3n) is 3.40. The fourth-order valence-electron chi connectivity index (χ4n) is 2.36. The second-order valence-corrected chi connectivity index (χ2v) is 5.91. The first-order chi connectivity index (χ1) is 10.4. The average molecular weight is 342 g/mol. The minimum atomic E-state index is -0.835. The molecule has 2 aromatic rings. The number of carbonyl (C=O) groups excluding carboxylic acids is 1. The molecular formula is C14H13Cl2N3O3. The average Bonchev–Trinajstić information content (AvgIpc) is 2.96. The molecule has 1 fully saturated rings. The second kappa shape index (κ2) is 5.87. The van der Waals surface area contributed by atoms with Crippen molar-refractivity contribution in [2.75, 3.05) is 0 Å². The van der Waals surface area contributed by atoms with Crippen LogP contribution in [0.5, 0.6) is 0 Å². The summed E-state index contributed by atoms with van der Waals surface area (Å²) < 4.78 is 6.69. The zero-order chi connectivity index (χ0) is 15.9. The lowest BCUT2D eigenvalue weighted by molar-refractivity contribution is -0.142. The number of aromatic nitrogens is 3. The fraction of sp³-hybridized carbons (Fsp3) is 0.357. The van der Waals surface area contributed by atoms with Gasteiger partial charge in [-0.1, -0.05) is 23.2 Å². The summed E-state index contributed by atoms with van der Waals surface area (Å²) in [6, 6.07) is 5.16. The standard InChI is InChI=1S/C14H13Cl2N3O3/c1-7-17-14(8-2-3-9(15)10(16)4-8)19(18-7)6-12-11(20)5-13(21)22-12/h2-4,11-12,20H,5-6H2,1H3/t11-,12+/m0/s1. The zero-order valence-corrected chi connectivity index (χ0v) is 13.2. The molecule has 1 aromatic heterocycles. The van der Waals surface area contributed by atoms with Crippen LogP contribution in [0.2, 0.25) is 10.0 Å². The minimum Gasteiger partial charge on any atom is -0.458 e. The Hall–Kier alpha value is -1.63. The molecule has 6 nitrogen and oxygen atoms in total. The predicted molar refractivity (Wildman–Crippen MR) is 80.7 cm³/mol. The van der Waals surface area contributed by atoms with Crippen LogP contribution in [0.3, 0.4) is 0 Å². The number of esters is 1. The molecule has 2 heterocycles. The van der Waals surface area contributed by atoms with E-state index < -0.39 is 18.2 Å². The maximum Gasteiger partial charge on any atom is 0.309 e. The molecule has 0 aliphatic carbocycles. The third kappa shape index (κ3) is 2.95. The zero-order valence-electron chi connectivity index (χ0n) is 11.7. The highest BCUT2D eigenvalue weighted by molar-refractivity contribution is 6.42. The van der Waals surface area contributed by atoms with E-state index in [0.29, 0.717) is 21.7 Å². The number of aryl methyl sites for hydroxylation is 1. The van der Waals surface area contributed by atoms with Crippen molar-refractivity contribution in [1.82, 2.24) is 14.8 Å². The molecule has 1 saturated heterocycles. The topological polar surface area (TPSA) is 77.2 Å². The Kier molecular flexibility index (Phi) is 4.08. The summed E-state index contributed by atoms with van der Waals surface area (Å²) in [6.45, 7) is 1.98. The molecular weight excluding hydrogens is 329 g/mol. The molecule has 0 spiro atoms. The van der Waals surface area contributed by atoms with Gasteiger partial charge in [0, 0.05) is 5.56 Å². The SMILES string of the molecule is Cc1nc(-c2ccc(Cl)c(Cl)c2)n(C[C@H]2OC(=O)C[C@@H]2O)n1. The largest absolute Gasteiger partial charge is 0.458 e. The molecule has 2 atom stereocenters. The molecule has 22 heavy (non-hydrogen) atoms. The first-order valence-electron chi connectivity index (χ1n) is 6.68. The Morgan fingerprint density at radius 2 is 2.18 bits per heavy atom. The van der Waals surface area contributed by atoms with E-state index in [1.807, 2.05) is 0 Å². The van der Waals surface area contributed by atoms with Crippen molar-refractivity contribution in [3.63, 3.8) is 0 Å². The monoisotopic (exact) mass is 341 g/mol. The lowest BCUT2D eigenvalue weighted by atomic mass is 10.2. The molecule has 1 aromatic carbocycles. The van der Waals surface area contributed by atoms with Gasteiger partial charge in [-0.3, -0.25) is 4.79 Å². The van der Waals surface area contributed by atoms with Crippen LogP contribution in [0.1, 0.15) is 12.2 Å². The van der Waals surface area contributed by atoms with E-state index >= 15 is 0 Å². The molecule has 0 saturated carbocycles. The van der Waals surface area contributed by atoms with Crippen molar-refractivity contribution in [2.45, 2.75) is 32.1 Å². The van der Waals surface area contributed by atoms with Crippen molar-refractivity contribution in [2.24, 2.45) is 0 Å². The van der Waals surface area contributed by atoms with E-state index in [1.54, 1.807) is 29.8 Å². The van der Waals surface area contributed by atoms with Gasteiger partial charge in [0.1, 0.15) is 18.0 Å². The first-order valence-corrected chi connectivity index (χ1v) is 7.44. The molecule has 1 N–H and O–H groups in total. The molecule has 8 heteroatoms. The van der Waals surface area contributed by atoms with Gasteiger partial charge >= 0.3 is 5.97 Å². The minimum absolute atomic E-state index is 0.000449. The Balaban J connectivity index is 1.92. The van der Waals surface area contributed by atoms with Gasteiger partial charge in [-0.15, -0.1) is 0 Å². The van der Waals surface area contributed by atoms with Gasteiger partial charge in [0.15, 0.2) is 5.82 Å². The van der Waals surface area contributed by atoms with E-state index in [4.69, 9.17) is 27.9 Å². The fourth-order valence-corrected chi connectivity index (χ4v) is 2.66. The molecule has 0 unspecified atom stereocenters. The predicted octanol–water partition coefficient (Wildman–Crippen LogP) is 2.24. The number of halogens is 2. The van der Waals surface area contributed by atoms with E-state index in [-0.39, 0.29) is 13.0 Å². The Morgan fingerprint density at radius 3 is 2.82 bits per heavy atom. The van der Waals surface area contributed by atoms with Crippen LogP contribution in [-0.4, -0.2) is 38.0 Å². The van der Waals surface area contributed by atoms with Gasteiger partial charge in [0.2, 0.25) is 0 Å². The Morgan fingerprint density at radius 1 is 1.41 bits per heavy atom. The van der Waals surface area contributed by atoms with Gasteiger partial charge in [-0.25, -0.2) is 9.67 Å². The van der Waals surface area contributed by atoms with E-state index in [9.17, 15) is 9.90 Å². The van der Waals surface area contributed by atoms with Crippen molar-refractivity contribution >= 4 is 29.2 Å². The molecule has 0 radical (unpaired) electrons. The van der Waals surface area contributed by atoms with Gasteiger partial charge in [0.05, 0.1) is 23.0 Å². The maximum atomic E-state index is 11.2. The number of hydrogen-bond acceptors (Lipinski definition) is 5. The normalized spacial score (nSPS) is 21.2. The number of benzene rings is 1. The Labute approximate surface area is 136 Å². The molecule has 1 aliphatic heterocycles. The van der Waals surface area contributed by atoms with Crippen molar-refractivity contribution in [3.05, 3.63) is 34.1 Å². The summed E-state index contributed by atoms with van der Waals surface area (Å²) in [7, 11) is 0. The summed E-state index contributed by atoms with van der Waals surface area (Å²) in [5.74, 6) is 0.733. The Bertz CT molecular complexity index is 732. The van der Waals surface area contributed by atoms with Crippen LogP contribution in [0.4, 0.5) is 0 Å². The van der Waals surface area contributed by atoms with Gasteiger partial charge < -0.3 is 9.84 Å². The summed E-state index contributed by atoms with van der Waals surface area (Å²) in [4.78, 5) is 15.6. The number of hydrogen-bond donors (Lipinski definition) is 1. The number of aliphatic hydroxyl groups excluding tert-OH is 1. The molecule has 0 amide bonds. The summed E-state index contributed by atoms with van der Waals surface area (Å²) in [5, 5.41) is 15.0. The van der Waals surface area contributed by atoms with Crippen molar-refractivity contribution in [1.29, 1.82) is 0 Å². The van der Waals surface area contributed by atoms with Crippen molar-refractivity contribution in [3.8, 4) is 11.4 Å². The smallest absolute Gasteiger partial charge is 0.309 e. The third-order valence-corrected chi connectivity index (χ3v) is 4.14.